The molecule has 1 aliphatic heterocycles. The van der Waals surface area contributed by atoms with Crippen molar-refractivity contribution < 1.29 is 14.0 Å². The van der Waals surface area contributed by atoms with Crippen molar-refractivity contribution in [1.29, 1.82) is 0 Å². The van der Waals surface area contributed by atoms with Gasteiger partial charge in [-0.05, 0) is 17.7 Å². The van der Waals surface area contributed by atoms with Crippen molar-refractivity contribution >= 4 is 11.8 Å². The maximum absolute atomic E-state index is 13.0. The zero-order chi connectivity index (χ0) is 16.1. The van der Waals surface area contributed by atoms with Gasteiger partial charge in [0.15, 0.2) is 0 Å². The molecule has 0 aliphatic carbocycles. The second kappa shape index (κ2) is 7.35. The topological polar surface area (TPSA) is 52.7 Å². The minimum atomic E-state index is -0.259. The van der Waals surface area contributed by atoms with E-state index in [9.17, 15) is 14.0 Å². The predicted octanol–water partition coefficient (Wildman–Crippen LogP) is 0.852. The first-order valence-electron chi connectivity index (χ1n) is 7.43. The first-order valence-corrected chi connectivity index (χ1v) is 7.43. The maximum Gasteiger partial charge on any atom is 0.225 e. The summed E-state index contributed by atoms with van der Waals surface area (Å²) >= 11 is 0. The Morgan fingerprint density at radius 3 is 2.50 bits per heavy atom. The number of halogens is 1. The molecule has 0 aromatic heterocycles. The van der Waals surface area contributed by atoms with Gasteiger partial charge in [-0.15, -0.1) is 0 Å². The number of benzene rings is 1. The molecule has 1 aromatic carbocycles. The third-order valence-corrected chi connectivity index (χ3v) is 3.99. The summed E-state index contributed by atoms with van der Waals surface area (Å²) in [6, 6.07) is 6.37. The first kappa shape index (κ1) is 16.4. The summed E-state index contributed by atoms with van der Waals surface area (Å²) in [4.78, 5) is 27.5. The van der Waals surface area contributed by atoms with Crippen LogP contribution in [0.5, 0.6) is 0 Å². The normalized spacial score (nSPS) is 19.6. The SMILES string of the molecule is CNC(=O)[C@@H]1CN(Cc2ccc(F)cc2)CCN(C(C)=O)C1. The lowest BCUT2D eigenvalue weighted by Crippen LogP contribution is -2.40. The smallest absolute Gasteiger partial charge is 0.225 e. The lowest BCUT2D eigenvalue weighted by atomic mass is 10.1. The van der Waals surface area contributed by atoms with E-state index in [1.54, 1.807) is 24.1 Å². The molecule has 1 saturated heterocycles. The highest BCUT2D eigenvalue weighted by Gasteiger charge is 2.28. The molecule has 120 valence electrons. The Morgan fingerprint density at radius 1 is 1.23 bits per heavy atom. The summed E-state index contributed by atoms with van der Waals surface area (Å²) in [6.07, 6.45) is 0. The van der Waals surface area contributed by atoms with Crippen LogP contribution in [0.3, 0.4) is 0 Å². The van der Waals surface area contributed by atoms with Crippen LogP contribution in [0, 0.1) is 11.7 Å². The Labute approximate surface area is 130 Å². The number of carbonyl (C=O) groups excluding carboxylic acids is 2. The van der Waals surface area contributed by atoms with Gasteiger partial charge in [0.05, 0.1) is 5.92 Å². The van der Waals surface area contributed by atoms with Crippen LogP contribution in [0.25, 0.3) is 0 Å². The van der Waals surface area contributed by atoms with Crippen LogP contribution >= 0.6 is 0 Å². The lowest BCUT2D eigenvalue weighted by Gasteiger charge is -2.23. The van der Waals surface area contributed by atoms with Crippen LogP contribution in [0.2, 0.25) is 0 Å². The van der Waals surface area contributed by atoms with Gasteiger partial charge in [0.25, 0.3) is 0 Å². The highest BCUT2D eigenvalue weighted by molar-refractivity contribution is 5.80. The van der Waals surface area contributed by atoms with E-state index in [0.717, 1.165) is 5.56 Å². The standard InChI is InChI=1S/C16H22FN3O2/c1-12(21)20-8-7-19(10-14(11-20)16(22)18-2)9-13-3-5-15(17)6-4-13/h3-6,14H,7-11H2,1-2H3,(H,18,22)/t14-/m1/s1. The maximum atomic E-state index is 13.0. The van der Waals surface area contributed by atoms with Gasteiger partial charge in [0, 0.05) is 46.7 Å². The van der Waals surface area contributed by atoms with E-state index in [2.05, 4.69) is 10.2 Å². The van der Waals surface area contributed by atoms with E-state index in [1.165, 1.54) is 19.1 Å². The van der Waals surface area contributed by atoms with E-state index in [-0.39, 0.29) is 23.5 Å². The monoisotopic (exact) mass is 307 g/mol. The second-order valence-corrected chi connectivity index (χ2v) is 5.64. The number of hydrogen-bond acceptors (Lipinski definition) is 3. The molecule has 1 aliphatic rings. The third-order valence-electron chi connectivity index (χ3n) is 3.99. The van der Waals surface area contributed by atoms with Crippen LogP contribution < -0.4 is 5.32 Å². The van der Waals surface area contributed by atoms with Gasteiger partial charge in [0.2, 0.25) is 11.8 Å². The summed E-state index contributed by atoms with van der Waals surface area (Å²) < 4.78 is 13.0. The average molecular weight is 307 g/mol. The van der Waals surface area contributed by atoms with Crippen molar-refractivity contribution in [3.05, 3.63) is 35.6 Å². The highest BCUT2D eigenvalue weighted by Crippen LogP contribution is 2.14. The zero-order valence-corrected chi connectivity index (χ0v) is 13.0. The Morgan fingerprint density at radius 2 is 1.91 bits per heavy atom. The third kappa shape index (κ3) is 4.27. The minimum Gasteiger partial charge on any atom is -0.359 e. The lowest BCUT2D eigenvalue weighted by molar-refractivity contribution is -0.130. The molecule has 1 heterocycles. The molecule has 1 fully saturated rings. The fraction of sp³-hybridized carbons (Fsp3) is 0.500. The van der Waals surface area contributed by atoms with Crippen molar-refractivity contribution in [3.8, 4) is 0 Å². The van der Waals surface area contributed by atoms with Crippen LogP contribution in [-0.2, 0) is 16.1 Å². The van der Waals surface area contributed by atoms with Gasteiger partial charge in [-0.1, -0.05) is 12.1 Å². The Balaban J connectivity index is 2.09. The Kier molecular flexibility index (Phi) is 5.49. The van der Waals surface area contributed by atoms with Gasteiger partial charge in [-0.25, -0.2) is 4.39 Å². The Bertz CT molecular complexity index is 533. The molecule has 2 amide bonds. The van der Waals surface area contributed by atoms with E-state index >= 15 is 0 Å². The molecule has 1 N–H and O–H groups in total. The molecule has 0 radical (unpaired) electrons. The molecule has 0 saturated carbocycles. The predicted molar refractivity (Wildman–Crippen MR) is 81.5 cm³/mol. The van der Waals surface area contributed by atoms with E-state index in [1.807, 2.05) is 0 Å². The minimum absolute atomic E-state index is 0.0162. The van der Waals surface area contributed by atoms with Gasteiger partial charge in [-0.3, -0.25) is 14.5 Å². The van der Waals surface area contributed by atoms with Crippen molar-refractivity contribution in [2.24, 2.45) is 5.92 Å². The highest BCUT2D eigenvalue weighted by atomic mass is 19.1. The number of hydrogen-bond donors (Lipinski definition) is 1. The fourth-order valence-electron chi connectivity index (χ4n) is 2.73. The average Bonchev–Trinajstić information content (AvgIpc) is 2.71. The van der Waals surface area contributed by atoms with E-state index < -0.39 is 0 Å². The summed E-state index contributed by atoms with van der Waals surface area (Å²) in [7, 11) is 1.61. The molecule has 0 unspecified atom stereocenters. The van der Waals surface area contributed by atoms with Gasteiger partial charge in [-0.2, -0.15) is 0 Å². The van der Waals surface area contributed by atoms with Gasteiger partial charge < -0.3 is 10.2 Å². The number of rotatable bonds is 3. The fourth-order valence-corrected chi connectivity index (χ4v) is 2.73. The number of nitrogens with zero attached hydrogens (tertiary/aromatic N) is 2. The molecule has 1 aromatic rings. The molecule has 0 bridgehead atoms. The van der Waals surface area contributed by atoms with Crippen LogP contribution in [-0.4, -0.2) is 54.8 Å². The number of nitrogens with one attached hydrogen (secondary N) is 1. The molecule has 2 rings (SSSR count). The summed E-state index contributed by atoms with van der Waals surface area (Å²) in [6.45, 7) is 4.49. The van der Waals surface area contributed by atoms with Crippen LogP contribution in [0.1, 0.15) is 12.5 Å². The number of amides is 2. The zero-order valence-electron chi connectivity index (χ0n) is 13.0. The molecular weight excluding hydrogens is 285 g/mol. The first-order chi connectivity index (χ1) is 10.5. The van der Waals surface area contributed by atoms with E-state index in [4.69, 9.17) is 0 Å². The quantitative estimate of drug-likeness (QED) is 0.901. The second-order valence-electron chi connectivity index (χ2n) is 5.64. The molecule has 0 spiro atoms. The number of carbonyl (C=O) groups is 2. The largest absolute Gasteiger partial charge is 0.359 e. The van der Waals surface area contributed by atoms with Crippen molar-refractivity contribution in [2.45, 2.75) is 13.5 Å². The van der Waals surface area contributed by atoms with E-state index in [0.29, 0.717) is 32.7 Å². The molecule has 6 heteroatoms. The van der Waals surface area contributed by atoms with Crippen molar-refractivity contribution in [1.82, 2.24) is 15.1 Å². The van der Waals surface area contributed by atoms with Gasteiger partial charge >= 0.3 is 0 Å². The Hall–Kier alpha value is -1.95. The molecule has 1 atom stereocenters. The molecule has 5 nitrogen and oxygen atoms in total. The summed E-state index contributed by atoms with van der Waals surface area (Å²) in [5.41, 5.74) is 0.994. The van der Waals surface area contributed by atoms with Crippen LogP contribution in [0.4, 0.5) is 4.39 Å². The molecule has 22 heavy (non-hydrogen) atoms. The molecular formula is C16H22FN3O2. The van der Waals surface area contributed by atoms with Crippen LogP contribution in [0.15, 0.2) is 24.3 Å². The summed E-state index contributed by atoms with van der Waals surface area (Å²) in [5.74, 6) is -0.586. The van der Waals surface area contributed by atoms with Gasteiger partial charge in [0.1, 0.15) is 5.82 Å². The van der Waals surface area contributed by atoms with Crippen molar-refractivity contribution in [2.75, 3.05) is 33.2 Å². The van der Waals surface area contributed by atoms with Crippen molar-refractivity contribution in [3.63, 3.8) is 0 Å². The summed E-state index contributed by atoms with van der Waals surface area (Å²) in [5, 5.41) is 2.66.